The van der Waals surface area contributed by atoms with Gasteiger partial charge in [-0.05, 0) is 35.4 Å². The highest BCUT2D eigenvalue weighted by atomic mass is 35.5. The highest BCUT2D eigenvalue weighted by Gasteiger charge is 2.22. The Bertz CT molecular complexity index is 906. The van der Waals surface area contributed by atoms with Crippen LogP contribution in [0.2, 0.25) is 5.02 Å². The van der Waals surface area contributed by atoms with E-state index in [1.165, 1.54) is 13.2 Å². The van der Waals surface area contributed by atoms with Gasteiger partial charge >= 0.3 is 5.97 Å². The molecule has 0 fully saturated rings. The summed E-state index contributed by atoms with van der Waals surface area (Å²) in [6.45, 7) is 0.345. The summed E-state index contributed by atoms with van der Waals surface area (Å²) in [4.78, 5) is 24.3. The van der Waals surface area contributed by atoms with Crippen molar-refractivity contribution in [2.45, 2.75) is 6.04 Å². The minimum Gasteiger partial charge on any atom is -0.488 e. The monoisotopic (exact) mass is 383 g/mol. The van der Waals surface area contributed by atoms with Crippen molar-refractivity contribution in [1.29, 1.82) is 0 Å². The molecule has 0 saturated heterocycles. The maximum atomic E-state index is 12.3. The standard InChI is InChI=1S/C21H18ClNO4/c1-26-21(25)20(15-5-3-2-4-6-15)23-19(24)10-7-14-11-16-12-17(22)8-9-18(16)27-13-14/h2-12,20H,13H2,1H3,(H,23,24)/b10-7+. The lowest BCUT2D eigenvalue weighted by Crippen LogP contribution is -2.33. The first-order valence-corrected chi connectivity index (χ1v) is 8.69. The van der Waals surface area contributed by atoms with Crippen LogP contribution in [0.3, 0.4) is 0 Å². The van der Waals surface area contributed by atoms with Gasteiger partial charge < -0.3 is 14.8 Å². The third-order valence-electron chi connectivity index (χ3n) is 4.01. The van der Waals surface area contributed by atoms with Gasteiger partial charge in [-0.3, -0.25) is 4.79 Å². The lowest BCUT2D eigenvalue weighted by Gasteiger charge is -2.17. The zero-order valence-electron chi connectivity index (χ0n) is 14.6. The molecular formula is C21H18ClNO4. The smallest absolute Gasteiger partial charge is 0.333 e. The summed E-state index contributed by atoms with van der Waals surface area (Å²) in [5, 5.41) is 3.27. The molecule has 1 amide bonds. The van der Waals surface area contributed by atoms with E-state index in [2.05, 4.69) is 5.32 Å². The van der Waals surface area contributed by atoms with Gasteiger partial charge in [0.05, 0.1) is 7.11 Å². The van der Waals surface area contributed by atoms with E-state index < -0.39 is 17.9 Å². The Balaban J connectivity index is 1.71. The normalized spacial score (nSPS) is 13.9. The highest BCUT2D eigenvalue weighted by molar-refractivity contribution is 6.30. The van der Waals surface area contributed by atoms with Crippen LogP contribution in [-0.4, -0.2) is 25.6 Å². The summed E-state index contributed by atoms with van der Waals surface area (Å²) >= 11 is 6.00. The minimum absolute atomic E-state index is 0.345. The second-order valence-electron chi connectivity index (χ2n) is 5.90. The van der Waals surface area contributed by atoms with Gasteiger partial charge in [0.25, 0.3) is 0 Å². The molecule has 0 bridgehead atoms. The van der Waals surface area contributed by atoms with Gasteiger partial charge in [-0.2, -0.15) is 0 Å². The average Bonchev–Trinajstić information content (AvgIpc) is 2.70. The molecule has 1 aliphatic rings. The third-order valence-corrected chi connectivity index (χ3v) is 4.25. The fourth-order valence-electron chi connectivity index (χ4n) is 2.68. The molecule has 2 aromatic rings. The molecule has 0 saturated carbocycles. The van der Waals surface area contributed by atoms with Gasteiger partial charge in [0.1, 0.15) is 12.4 Å². The Morgan fingerprint density at radius 1 is 1.22 bits per heavy atom. The Morgan fingerprint density at radius 2 is 2.00 bits per heavy atom. The molecule has 0 aliphatic carbocycles. The van der Waals surface area contributed by atoms with E-state index >= 15 is 0 Å². The second-order valence-corrected chi connectivity index (χ2v) is 6.34. The van der Waals surface area contributed by atoms with E-state index in [9.17, 15) is 9.59 Å². The molecular weight excluding hydrogens is 366 g/mol. The molecule has 1 heterocycles. The van der Waals surface area contributed by atoms with Crippen LogP contribution in [0.4, 0.5) is 0 Å². The largest absolute Gasteiger partial charge is 0.488 e. The molecule has 1 aliphatic heterocycles. The number of carbonyl (C=O) groups is 2. The van der Waals surface area contributed by atoms with Crippen LogP contribution in [0.5, 0.6) is 5.75 Å². The quantitative estimate of drug-likeness (QED) is 0.631. The number of nitrogens with one attached hydrogen (secondary N) is 1. The maximum Gasteiger partial charge on any atom is 0.333 e. The number of halogens is 1. The first-order chi connectivity index (χ1) is 13.1. The SMILES string of the molecule is COC(=O)C(NC(=O)/C=C/C1=Cc2cc(Cl)ccc2OC1)c1ccccc1. The summed E-state index contributed by atoms with van der Waals surface area (Å²) in [6, 6.07) is 13.4. The topological polar surface area (TPSA) is 64.6 Å². The van der Waals surface area contributed by atoms with Crippen LogP contribution in [0, 0.1) is 0 Å². The Labute approximate surface area is 162 Å². The van der Waals surface area contributed by atoms with E-state index in [0.717, 1.165) is 16.9 Å². The zero-order chi connectivity index (χ0) is 19.2. The number of hydrogen-bond donors (Lipinski definition) is 1. The molecule has 27 heavy (non-hydrogen) atoms. The fourth-order valence-corrected chi connectivity index (χ4v) is 2.86. The third kappa shape index (κ3) is 4.77. The number of hydrogen-bond acceptors (Lipinski definition) is 4. The van der Waals surface area contributed by atoms with Crippen LogP contribution < -0.4 is 10.1 Å². The molecule has 3 rings (SSSR count). The first-order valence-electron chi connectivity index (χ1n) is 8.31. The minimum atomic E-state index is -0.871. The molecule has 1 N–H and O–H groups in total. The van der Waals surface area contributed by atoms with Crippen molar-refractivity contribution in [2.75, 3.05) is 13.7 Å². The summed E-state index contributed by atoms with van der Waals surface area (Å²) in [5.41, 5.74) is 2.31. The van der Waals surface area contributed by atoms with E-state index in [0.29, 0.717) is 17.2 Å². The molecule has 138 valence electrons. The van der Waals surface area contributed by atoms with Gasteiger partial charge in [0.2, 0.25) is 5.91 Å². The summed E-state index contributed by atoms with van der Waals surface area (Å²) in [6.07, 6.45) is 4.92. The number of esters is 1. The lowest BCUT2D eigenvalue weighted by atomic mass is 10.1. The van der Waals surface area contributed by atoms with Gasteiger partial charge in [-0.15, -0.1) is 0 Å². The van der Waals surface area contributed by atoms with Gasteiger partial charge in [-0.1, -0.05) is 48.0 Å². The molecule has 0 radical (unpaired) electrons. The molecule has 0 aromatic heterocycles. The fraction of sp³-hybridized carbons (Fsp3) is 0.143. The van der Waals surface area contributed by atoms with Crippen molar-refractivity contribution in [3.05, 3.63) is 82.4 Å². The number of fused-ring (bicyclic) bond motifs is 1. The van der Waals surface area contributed by atoms with Crippen molar-refractivity contribution < 1.29 is 19.1 Å². The molecule has 1 atom stereocenters. The van der Waals surface area contributed by atoms with Crippen molar-refractivity contribution in [3.63, 3.8) is 0 Å². The maximum absolute atomic E-state index is 12.3. The van der Waals surface area contributed by atoms with Crippen LogP contribution in [0.1, 0.15) is 17.2 Å². The van der Waals surface area contributed by atoms with Crippen LogP contribution in [-0.2, 0) is 14.3 Å². The molecule has 2 aromatic carbocycles. The summed E-state index contributed by atoms with van der Waals surface area (Å²) < 4.78 is 10.4. The van der Waals surface area contributed by atoms with Crippen molar-refractivity contribution in [3.8, 4) is 5.75 Å². The Hall–Kier alpha value is -3.05. The first kappa shape index (κ1) is 18.7. The number of ether oxygens (including phenoxy) is 2. The number of rotatable bonds is 5. The molecule has 6 heteroatoms. The Morgan fingerprint density at radius 3 is 2.74 bits per heavy atom. The molecule has 1 unspecified atom stereocenters. The Kier molecular flexibility index (Phi) is 5.94. The second kappa shape index (κ2) is 8.56. The predicted molar refractivity (Wildman–Crippen MR) is 103 cm³/mol. The highest BCUT2D eigenvalue weighted by Crippen LogP contribution is 2.29. The molecule has 0 spiro atoms. The van der Waals surface area contributed by atoms with E-state index in [1.807, 2.05) is 18.2 Å². The van der Waals surface area contributed by atoms with Crippen LogP contribution >= 0.6 is 11.6 Å². The summed E-state index contributed by atoms with van der Waals surface area (Å²) in [7, 11) is 1.28. The van der Waals surface area contributed by atoms with Gasteiger partial charge in [0.15, 0.2) is 6.04 Å². The van der Waals surface area contributed by atoms with Crippen LogP contribution in [0.25, 0.3) is 6.08 Å². The lowest BCUT2D eigenvalue weighted by molar-refractivity contribution is -0.144. The van der Waals surface area contributed by atoms with E-state index in [-0.39, 0.29) is 0 Å². The number of benzene rings is 2. The van der Waals surface area contributed by atoms with Crippen molar-refractivity contribution >= 4 is 29.6 Å². The average molecular weight is 384 g/mol. The van der Waals surface area contributed by atoms with E-state index in [1.54, 1.807) is 42.5 Å². The van der Waals surface area contributed by atoms with Gasteiger partial charge in [0, 0.05) is 16.7 Å². The zero-order valence-corrected chi connectivity index (χ0v) is 15.4. The number of amides is 1. The van der Waals surface area contributed by atoms with Crippen molar-refractivity contribution in [1.82, 2.24) is 5.32 Å². The number of methoxy groups -OCH3 is 1. The van der Waals surface area contributed by atoms with E-state index in [4.69, 9.17) is 21.1 Å². The van der Waals surface area contributed by atoms with Gasteiger partial charge in [-0.25, -0.2) is 4.79 Å². The molecule has 5 nitrogen and oxygen atoms in total. The summed E-state index contributed by atoms with van der Waals surface area (Å²) in [5.74, 6) is -0.199. The van der Waals surface area contributed by atoms with Crippen molar-refractivity contribution in [2.24, 2.45) is 0 Å². The number of carbonyl (C=O) groups excluding carboxylic acids is 2. The predicted octanol–water partition coefficient (Wildman–Crippen LogP) is 3.70. The van der Waals surface area contributed by atoms with Crippen LogP contribution in [0.15, 0.2) is 66.3 Å².